The van der Waals surface area contributed by atoms with E-state index in [1.807, 2.05) is 17.9 Å². The maximum absolute atomic E-state index is 12.8. The predicted molar refractivity (Wildman–Crippen MR) is 103 cm³/mol. The lowest BCUT2D eigenvalue weighted by molar-refractivity contribution is 0.0760. The normalized spacial score (nSPS) is 14.8. The van der Waals surface area contributed by atoms with Gasteiger partial charge in [-0.2, -0.15) is 0 Å². The minimum absolute atomic E-state index is 0.0926. The lowest BCUT2D eigenvalue weighted by atomic mass is 10.2. The zero-order valence-electron chi connectivity index (χ0n) is 15.1. The monoisotopic (exact) mass is 373 g/mol. The summed E-state index contributed by atoms with van der Waals surface area (Å²) in [5, 5.41) is 2.66. The van der Waals surface area contributed by atoms with E-state index < -0.39 is 0 Å². The largest absolute Gasteiger partial charge is 0.339 e. The van der Waals surface area contributed by atoms with Crippen molar-refractivity contribution in [2.24, 2.45) is 7.05 Å². The van der Waals surface area contributed by atoms with Crippen LogP contribution in [0.5, 0.6) is 0 Å². The summed E-state index contributed by atoms with van der Waals surface area (Å²) in [6, 6.07) is 5.08. The number of aryl methyl sites for hydroxylation is 2. The molecule has 1 N–H and O–H groups in total. The molecular formula is C19H23N3O3S. The van der Waals surface area contributed by atoms with E-state index in [1.165, 1.54) is 22.0 Å². The molecule has 0 atom stereocenters. The smallest absolute Gasteiger partial charge is 0.274 e. The van der Waals surface area contributed by atoms with Crippen LogP contribution in [0, 0.1) is 6.92 Å². The Labute approximate surface area is 156 Å². The Kier molecular flexibility index (Phi) is 5.56. The molecule has 26 heavy (non-hydrogen) atoms. The van der Waals surface area contributed by atoms with Gasteiger partial charge in [-0.1, -0.05) is 12.8 Å². The third-order valence-corrected chi connectivity index (χ3v) is 5.54. The standard InChI is InChI=1S/C19H23N3O3S/c1-13-7-8-16(26-13)17(23)20-15-11-14(12-21(2)19(15)25)18(24)22-9-5-3-4-6-10-22/h7-8,11-12H,3-6,9-10H2,1-2H3,(H,20,23). The van der Waals surface area contributed by atoms with Gasteiger partial charge in [0.05, 0.1) is 10.4 Å². The molecule has 2 aromatic heterocycles. The highest BCUT2D eigenvalue weighted by Gasteiger charge is 2.20. The van der Waals surface area contributed by atoms with E-state index in [1.54, 1.807) is 19.3 Å². The van der Waals surface area contributed by atoms with Gasteiger partial charge in [0.25, 0.3) is 17.4 Å². The number of anilines is 1. The molecule has 7 heteroatoms. The van der Waals surface area contributed by atoms with Crippen molar-refractivity contribution in [1.29, 1.82) is 0 Å². The number of carbonyl (C=O) groups is 2. The molecule has 6 nitrogen and oxygen atoms in total. The highest BCUT2D eigenvalue weighted by atomic mass is 32.1. The zero-order valence-corrected chi connectivity index (χ0v) is 15.9. The summed E-state index contributed by atoms with van der Waals surface area (Å²) in [7, 11) is 1.59. The first-order valence-corrected chi connectivity index (χ1v) is 9.65. The molecule has 1 fully saturated rings. The van der Waals surface area contributed by atoms with Crippen molar-refractivity contribution in [3.05, 3.63) is 50.1 Å². The van der Waals surface area contributed by atoms with Crippen LogP contribution in [0.2, 0.25) is 0 Å². The van der Waals surface area contributed by atoms with Crippen molar-refractivity contribution < 1.29 is 9.59 Å². The molecule has 1 aliphatic heterocycles. The van der Waals surface area contributed by atoms with Crippen LogP contribution in [-0.2, 0) is 7.05 Å². The predicted octanol–water partition coefficient (Wildman–Crippen LogP) is 3.02. The second kappa shape index (κ2) is 7.86. The zero-order chi connectivity index (χ0) is 18.7. The SMILES string of the molecule is Cc1ccc(C(=O)Nc2cc(C(=O)N3CCCCCC3)cn(C)c2=O)s1. The summed E-state index contributed by atoms with van der Waals surface area (Å²) in [5.41, 5.74) is 0.218. The van der Waals surface area contributed by atoms with Gasteiger partial charge in [-0.3, -0.25) is 14.4 Å². The number of hydrogen-bond acceptors (Lipinski definition) is 4. The Bertz CT molecular complexity index is 876. The molecule has 2 amide bonds. The second-order valence-corrected chi connectivity index (χ2v) is 7.92. The fourth-order valence-electron chi connectivity index (χ4n) is 3.12. The van der Waals surface area contributed by atoms with Gasteiger partial charge in [0, 0.05) is 31.2 Å². The van der Waals surface area contributed by atoms with Gasteiger partial charge >= 0.3 is 0 Å². The highest BCUT2D eigenvalue weighted by Crippen LogP contribution is 2.18. The number of hydrogen-bond donors (Lipinski definition) is 1. The molecule has 138 valence electrons. The molecule has 1 aliphatic rings. The van der Waals surface area contributed by atoms with Crippen molar-refractivity contribution in [2.75, 3.05) is 18.4 Å². The average molecular weight is 373 g/mol. The summed E-state index contributed by atoms with van der Waals surface area (Å²) in [5.74, 6) is -0.426. The Balaban J connectivity index is 1.85. The second-order valence-electron chi connectivity index (χ2n) is 6.63. The van der Waals surface area contributed by atoms with E-state index >= 15 is 0 Å². The molecule has 0 radical (unpaired) electrons. The fraction of sp³-hybridized carbons (Fsp3) is 0.421. The first kappa shape index (κ1) is 18.4. The van der Waals surface area contributed by atoms with E-state index in [0.717, 1.165) is 43.6 Å². The highest BCUT2D eigenvalue weighted by molar-refractivity contribution is 7.14. The maximum Gasteiger partial charge on any atom is 0.274 e. The number of rotatable bonds is 3. The molecule has 2 aromatic rings. The quantitative estimate of drug-likeness (QED) is 0.899. The number of nitrogens with one attached hydrogen (secondary N) is 1. The molecule has 3 rings (SSSR count). The van der Waals surface area contributed by atoms with Crippen LogP contribution in [0.15, 0.2) is 29.2 Å². The van der Waals surface area contributed by atoms with E-state index in [-0.39, 0.29) is 23.1 Å². The van der Waals surface area contributed by atoms with Crippen molar-refractivity contribution in [2.45, 2.75) is 32.6 Å². The van der Waals surface area contributed by atoms with Crippen molar-refractivity contribution in [1.82, 2.24) is 9.47 Å². The molecule has 0 aromatic carbocycles. The first-order valence-electron chi connectivity index (χ1n) is 8.83. The van der Waals surface area contributed by atoms with E-state index in [4.69, 9.17) is 0 Å². The van der Waals surface area contributed by atoms with Crippen LogP contribution < -0.4 is 10.9 Å². The van der Waals surface area contributed by atoms with Crippen LogP contribution in [0.4, 0.5) is 5.69 Å². The van der Waals surface area contributed by atoms with Gasteiger partial charge in [-0.15, -0.1) is 11.3 Å². The summed E-state index contributed by atoms with van der Waals surface area (Å²) < 4.78 is 1.35. The average Bonchev–Trinajstić information content (AvgIpc) is 2.89. The molecule has 3 heterocycles. The summed E-state index contributed by atoms with van der Waals surface area (Å²) in [6.07, 6.45) is 5.81. The van der Waals surface area contributed by atoms with Crippen molar-refractivity contribution in [3.63, 3.8) is 0 Å². The van der Waals surface area contributed by atoms with Crippen LogP contribution in [0.1, 0.15) is 50.6 Å². The van der Waals surface area contributed by atoms with Gasteiger partial charge in [-0.05, 0) is 38.0 Å². The van der Waals surface area contributed by atoms with Gasteiger partial charge in [0.1, 0.15) is 5.69 Å². The van der Waals surface area contributed by atoms with Crippen LogP contribution >= 0.6 is 11.3 Å². The Morgan fingerprint density at radius 1 is 1.12 bits per heavy atom. The maximum atomic E-state index is 12.8. The van der Waals surface area contributed by atoms with Crippen molar-refractivity contribution in [3.8, 4) is 0 Å². The molecule has 1 saturated heterocycles. The number of nitrogens with zero attached hydrogens (tertiary/aromatic N) is 2. The fourth-order valence-corrected chi connectivity index (χ4v) is 3.88. The lowest BCUT2D eigenvalue weighted by Crippen LogP contribution is -2.33. The topological polar surface area (TPSA) is 71.4 Å². The summed E-state index contributed by atoms with van der Waals surface area (Å²) >= 11 is 1.36. The van der Waals surface area contributed by atoms with Gasteiger partial charge in [0.15, 0.2) is 0 Å². The number of amides is 2. The molecule has 0 aliphatic carbocycles. The number of carbonyl (C=O) groups excluding carboxylic acids is 2. The molecule has 0 bridgehead atoms. The van der Waals surface area contributed by atoms with Crippen LogP contribution in [0.3, 0.4) is 0 Å². The summed E-state index contributed by atoms with van der Waals surface area (Å²) in [4.78, 5) is 41.0. The number of aromatic nitrogens is 1. The Hall–Kier alpha value is -2.41. The third kappa shape index (κ3) is 4.04. The molecule has 0 spiro atoms. The molecular weight excluding hydrogens is 350 g/mol. The van der Waals surface area contributed by atoms with E-state index in [2.05, 4.69) is 5.32 Å². The number of pyridine rings is 1. The minimum Gasteiger partial charge on any atom is -0.339 e. The van der Waals surface area contributed by atoms with Crippen molar-refractivity contribution >= 4 is 28.8 Å². The number of likely N-dealkylation sites (tertiary alicyclic amines) is 1. The minimum atomic E-state index is -0.334. The van der Waals surface area contributed by atoms with E-state index in [9.17, 15) is 14.4 Å². The number of thiophene rings is 1. The third-order valence-electron chi connectivity index (χ3n) is 4.54. The lowest BCUT2D eigenvalue weighted by Gasteiger charge is -2.21. The van der Waals surface area contributed by atoms with Gasteiger partial charge in [-0.25, -0.2) is 0 Å². The first-order chi connectivity index (χ1) is 12.5. The van der Waals surface area contributed by atoms with Gasteiger partial charge < -0.3 is 14.8 Å². The van der Waals surface area contributed by atoms with Crippen LogP contribution in [-0.4, -0.2) is 34.4 Å². The van der Waals surface area contributed by atoms with Crippen LogP contribution in [0.25, 0.3) is 0 Å². The molecule has 0 saturated carbocycles. The Morgan fingerprint density at radius 3 is 2.42 bits per heavy atom. The Morgan fingerprint density at radius 2 is 1.81 bits per heavy atom. The van der Waals surface area contributed by atoms with Gasteiger partial charge in [0.2, 0.25) is 0 Å². The molecule has 0 unspecified atom stereocenters. The summed E-state index contributed by atoms with van der Waals surface area (Å²) in [6.45, 7) is 3.39. The van der Waals surface area contributed by atoms with E-state index in [0.29, 0.717) is 10.4 Å².